The molecule has 2 aromatic carbocycles. The number of aromatic nitrogens is 2. The van der Waals surface area contributed by atoms with Gasteiger partial charge in [-0.3, -0.25) is 14.2 Å². The zero-order chi connectivity index (χ0) is 27.3. The van der Waals surface area contributed by atoms with Crippen LogP contribution in [0.25, 0.3) is 11.0 Å². The fourth-order valence-corrected chi connectivity index (χ4v) is 5.08. The Bertz CT molecular complexity index is 1340. The molecule has 0 radical (unpaired) electrons. The van der Waals surface area contributed by atoms with E-state index in [4.69, 9.17) is 5.11 Å². The number of carbonyl (C=O) groups is 3. The van der Waals surface area contributed by atoms with Crippen LogP contribution in [0.15, 0.2) is 59.4 Å². The molecule has 202 valence electrons. The summed E-state index contributed by atoms with van der Waals surface area (Å²) in [6, 6.07) is 16.6. The number of hydrogen-bond donors (Lipinski definition) is 4. The normalized spacial score (nSPS) is 15.3. The number of aromatic amines is 1. The lowest BCUT2D eigenvalue weighted by Crippen LogP contribution is -2.59. The van der Waals surface area contributed by atoms with Gasteiger partial charge >= 0.3 is 11.8 Å². The minimum Gasteiger partial charge on any atom is -0.465 e. The third kappa shape index (κ3) is 6.24. The Kier molecular flexibility index (Phi) is 8.19. The van der Waals surface area contributed by atoms with Crippen molar-refractivity contribution in [3.63, 3.8) is 0 Å². The first-order valence-corrected chi connectivity index (χ1v) is 13.0. The van der Waals surface area contributed by atoms with Gasteiger partial charge in [0.05, 0.1) is 11.0 Å². The maximum atomic E-state index is 13.6. The van der Waals surface area contributed by atoms with Gasteiger partial charge in [0.2, 0.25) is 11.8 Å². The van der Waals surface area contributed by atoms with Crippen LogP contribution in [0.2, 0.25) is 0 Å². The summed E-state index contributed by atoms with van der Waals surface area (Å²) in [7, 11) is 0. The van der Waals surface area contributed by atoms with E-state index in [9.17, 15) is 19.2 Å². The average Bonchev–Trinajstić information content (AvgIpc) is 3.23. The summed E-state index contributed by atoms with van der Waals surface area (Å²) in [4.78, 5) is 55.0. The van der Waals surface area contributed by atoms with E-state index in [1.807, 2.05) is 54.6 Å². The number of H-pyrrole nitrogens is 1. The van der Waals surface area contributed by atoms with Crippen LogP contribution in [-0.4, -0.2) is 62.1 Å². The average molecular weight is 522 g/mol. The number of amides is 3. The van der Waals surface area contributed by atoms with Crippen molar-refractivity contribution in [1.29, 1.82) is 0 Å². The molecule has 1 aromatic heterocycles. The molecule has 0 aliphatic carbocycles. The highest BCUT2D eigenvalue weighted by molar-refractivity contribution is 5.93. The number of rotatable bonds is 9. The van der Waals surface area contributed by atoms with Gasteiger partial charge in [0, 0.05) is 19.1 Å². The van der Waals surface area contributed by atoms with E-state index in [0.29, 0.717) is 38.8 Å². The third-order valence-corrected chi connectivity index (χ3v) is 7.16. The van der Waals surface area contributed by atoms with Crippen LogP contribution in [-0.2, 0) is 16.0 Å². The van der Waals surface area contributed by atoms with E-state index < -0.39 is 23.6 Å². The minimum atomic E-state index is -1.40. The van der Waals surface area contributed by atoms with Gasteiger partial charge in [0.15, 0.2) is 0 Å². The summed E-state index contributed by atoms with van der Waals surface area (Å²) in [5, 5.41) is 14.1. The Balaban J connectivity index is 1.44. The molecule has 0 bridgehead atoms. The monoisotopic (exact) mass is 521 g/mol. The summed E-state index contributed by atoms with van der Waals surface area (Å²) in [5.74, 6) is -0.750. The molecule has 1 atom stereocenters. The number of para-hydroxylation sites is 2. The van der Waals surface area contributed by atoms with Crippen molar-refractivity contribution < 1.29 is 19.5 Å². The second-order valence-electron chi connectivity index (χ2n) is 10.3. The highest BCUT2D eigenvalue weighted by Crippen LogP contribution is 2.25. The van der Waals surface area contributed by atoms with Crippen molar-refractivity contribution in [3.8, 4) is 0 Å². The molecule has 1 aliphatic heterocycles. The largest absolute Gasteiger partial charge is 0.465 e. The molecule has 0 saturated carbocycles. The van der Waals surface area contributed by atoms with Crippen LogP contribution in [0, 0.1) is 0 Å². The summed E-state index contributed by atoms with van der Waals surface area (Å²) in [6.45, 7) is 3.84. The highest BCUT2D eigenvalue weighted by Gasteiger charge is 2.35. The van der Waals surface area contributed by atoms with Crippen LogP contribution in [0.3, 0.4) is 0 Å². The molecule has 0 spiro atoms. The molecule has 3 aromatic rings. The number of carbonyl (C=O) groups excluding carboxylic acids is 2. The van der Waals surface area contributed by atoms with E-state index in [1.54, 1.807) is 9.47 Å². The van der Waals surface area contributed by atoms with E-state index in [0.717, 1.165) is 23.0 Å². The van der Waals surface area contributed by atoms with Gasteiger partial charge < -0.3 is 25.6 Å². The van der Waals surface area contributed by atoms with Crippen molar-refractivity contribution >= 4 is 28.9 Å². The Labute approximate surface area is 221 Å². The number of piperidine rings is 1. The Morgan fingerprint density at radius 2 is 1.71 bits per heavy atom. The second-order valence-corrected chi connectivity index (χ2v) is 10.3. The number of imidazole rings is 1. The summed E-state index contributed by atoms with van der Waals surface area (Å²) in [5.41, 5.74) is 1.22. The standard InChI is InChI=1S/C28H35N5O5/c1-28(2,31-27(37)38)25(35)29-22(13-8-11-19-9-4-3-5-10-19)24(34)32-17-15-20(16-18-32)33-23-14-7-6-12-21(23)30-26(33)36/h3-7,9-10,12,14,20,22,31H,8,11,13,15-18H2,1-2H3,(H,29,35)(H,30,36)(H,37,38). The fraction of sp³-hybridized carbons (Fsp3) is 0.429. The van der Waals surface area contributed by atoms with Gasteiger partial charge in [-0.05, 0) is 63.6 Å². The molecule has 38 heavy (non-hydrogen) atoms. The van der Waals surface area contributed by atoms with Crippen LogP contribution < -0.4 is 16.3 Å². The first-order chi connectivity index (χ1) is 18.2. The van der Waals surface area contributed by atoms with Gasteiger partial charge in [-0.2, -0.15) is 0 Å². The number of nitrogens with one attached hydrogen (secondary N) is 3. The third-order valence-electron chi connectivity index (χ3n) is 7.16. The smallest absolute Gasteiger partial charge is 0.405 e. The number of aryl methyl sites for hydroxylation is 1. The molecule has 1 unspecified atom stereocenters. The van der Waals surface area contributed by atoms with Crippen molar-refractivity contribution in [2.75, 3.05) is 13.1 Å². The zero-order valence-electron chi connectivity index (χ0n) is 21.8. The predicted octanol–water partition coefficient (Wildman–Crippen LogP) is 3.05. The van der Waals surface area contributed by atoms with Crippen LogP contribution in [0.1, 0.15) is 51.1 Å². The number of likely N-dealkylation sites (tertiary alicyclic amines) is 1. The lowest BCUT2D eigenvalue weighted by molar-refractivity contribution is -0.139. The van der Waals surface area contributed by atoms with E-state index in [2.05, 4.69) is 15.6 Å². The highest BCUT2D eigenvalue weighted by atomic mass is 16.4. The Morgan fingerprint density at radius 1 is 1.05 bits per heavy atom. The number of fused-ring (bicyclic) bond motifs is 1. The zero-order valence-corrected chi connectivity index (χ0v) is 21.8. The molecule has 3 amide bonds. The first-order valence-electron chi connectivity index (χ1n) is 13.0. The van der Waals surface area contributed by atoms with Gasteiger partial charge in [0.1, 0.15) is 11.6 Å². The molecule has 4 N–H and O–H groups in total. The fourth-order valence-electron chi connectivity index (χ4n) is 5.08. The summed E-state index contributed by atoms with van der Waals surface area (Å²) >= 11 is 0. The van der Waals surface area contributed by atoms with Crippen LogP contribution >= 0.6 is 0 Å². The van der Waals surface area contributed by atoms with Crippen molar-refractivity contribution in [3.05, 3.63) is 70.6 Å². The van der Waals surface area contributed by atoms with Crippen molar-refractivity contribution in [2.24, 2.45) is 0 Å². The molecule has 1 aliphatic rings. The molecule has 1 fully saturated rings. The quantitative estimate of drug-likeness (QED) is 0.343. The molecule has 4 rings (SSSR count). The lowest BCUT2D eigenvalue weighted by atomic mass is 9.99. The van der Waals surface area contributed by atoms with Crippen molar-refractivity contribution in [2.45, 2.75) is 63.6 Å². The predicted molar refractivity (Wildman–Crippen MR) is 144 cm³/mol. The lowest BCUT2D eigenvalue weighted by Gasteiger charge is -2.35. The molecule has 10 nitrogen and oxygen atoms in total. The van der Waals surface area contributed by atoms with Gasteiger partial charge in [-0.15, -0.1) is 0 Å². The molecule has 1 saturated heterocycles. The molecule has 10 heteroatoms. The number of benzene rings is 2. The maximum absolute atomic E-state index is 13.6. The van der Waals surface area contributed by atoms with Crippen molar-refractivity contribution in [1.82, 2.24) is 25.1 Å². The Morgan fingerprint density at radius 3 is 2.39 bits per heavy atom. The van der Waals surface area contributed by atoms with Gasteiger partial charge in [-0.25, -0.2) is 9.59 Å². The minimum absolute atomic E-state index is 0.0347. The van der Waals surface area contributed by atoms with E-state index in [1.165, 1.54) is 13.8 Å². The number of hydrogen-bond acceptors (Lipinski definition) is 4. The number of nitrogens with zero attached hydrogens (tertiary/aromatic N) is 2. The topological polar surface area (TPSA) is 137 Å². The van der Waals surface area contributed by atoms with E-state index >= 15 is 0 Å². The molecule has 2 heterocycles. The first kappa shape index (κ1) is 27.0. The number of carboxylic acid groups (broad SMARTS) is 1. The SMILES string of the molecule is CC(C)(NC(=O)O)C(=O)NC(CCCc1ccccc1)C(=O)N1CCC(n2c(=O)[nH]c3ccccc32)CC1. The Hall–Kier alpha value is -4.08. The maximum Gasteiger partial charge on any atom is 0.405 e. The molecular weight excluding hydrogens is 486 g/mol. The second kappa shape index (κ2) is 11.5. The molecular formula is C28H35N5O5. The van der Waals surface area contributed by atoms with Crippen LogP contribution in [0.4, 0.5) is 4.79 Å². The van der Waals surface area contributed by atoms with Crippen LogP contribution in [0.5, 0.6) is 0 Å². The van der Waals surface area contributed by atoms with Gasteiger partial charge in [0.25, 0.3) is 0 Å². The van der Waals surface area contributed by atoms with Gasteiger partial charge in [-0.1, -0.05) is 42.5 Å². The summed E-state index contributed by atoms with van der Waals surface area (Å²) in [6.07, 6.45) is 1.77. The summed E-state index contributed by atoms with van der Waals surface area (Å²) < 4.78 is 1.77. The van der Waals surface area contributed by atoms with E-state index in [-0.39, 0.29) is 17.6 Å².